The van der Waals surface area contributed by atoms with Gasteiger partial charge in [-0.3, -0.25) is 9.59 Å². The Morgan fingerprint density at radius 3 is 2.16 bits per heavy atom. The third-order valence-electron chi connectivity index (χ3n) is 6.31. The predicted molar refractivity (Wildman–Crippen MR) is 121 cm³/mol. The number of ether oxygens (including phenoxy) is 1. The summed E-state index contributed by atoms with van der Waals surface area (Å²) in [5.41, 5.74) is 0.988. The van der Waals surface area contributed by atoms with E-state index in [0.29, 0.717) is 52.0 Å². The van der Waals surface area contributed by atoms with Crippen LogP contribution >= 0.6 is 0 Å². The Kier molecular flexibility index (Phi) is 7.24. The highest BCUT2D eigenvalue weighted by Crippen LogP contribution is 2.23. The van der Waals surface area contributed by atoms with Crippen molar-refractivity contribution in [2.24, 2.45) is 5.92 Å². The number of likely N-dealkylation sites (tertiary alicyclic amines) is 1. The Labute approximate surface area is 188 Å². The number of para-hydroxylation sites is 1. The zero-order valence-corrected chi connectivity index (χ0v) is 18.3. The normalized spacial score (nSPS) is 17.3. The van der Waals surface area contributed by atoms with Crippen LogP contribution in [0.25, 0.3) is 0 Å². The first-order valence-electron chi connectivity index (χ1n) is 11.3. The number of carbonyl (C=O) groups excluding carboxylic acids is 2. The summed E-state index contributed by atoms with van der Waals surface area (Å²) in [6.45, 7) is 4.44. The van der Waals surface area contributed by atoms with Crippen LogP contribution in [0.15, 0.2) is 54.6 Å². The largest absolute Gasteiger partial charge is 0.493 e. The smallest absolute Gasteiger partial charge is 0.225 e. The van der Waals surface area contributed by atoms with Gasteiger partial charge in [0.2, 0.25) is 11.8 Å². The van der Waals surface area contributed by atoms with E-state index in [1.165, 1.54) is 12.1 Å². The lowest BCUT2D eigenvalue weighted by atomic mass is 9.94. The number of rotatable bonds is 6. The quantitative estimate of drug-likeness (QED) is 0.694. The van der Waals surface area contributed by atoms with Gasteiger partial charge in [0.1, 0.15) is 11.6 Å². The van der Waals surface area contributed by atoms with Crippen LogP contribution in [-0.4, -0.2) is 67.5 Å². The molecule has 2 saturated heterocycles. The van der Waals surface area contributed by atoms with Gasteiger partial charge in [-0.15, -0.1) is 0 Å². The number of halogens is 1. The van der Waals surface area contributed by atoms with Crippen molar-refractivity contribution in [3.05, 3.63) is 60.4 Å². The second kappa shape index (κ2) is 10.5. The van der Waals surface area contributed by atoms with E-state index in [0.717, 1.165) is 24.5 Å². The number of benzene rings is 2. The summed E-state index contributed by atoms with van der Waals surface area (Å²) in [7, 11) is 0. The van der Waals surface area contributed by atoms with E-state index in [2.05, 4.69) is 4.90 Å². The van der Waals surface area contributed by atoms with Gasteiger partial charge >= 0.3 is 0 Å². The Hall–Kier alpha value is -3.09. The van der Waals surface area contributed by atoms with E-state index in [-0.39, 0.29) is 23.5 Å². The monoisotopic (exact) mass is 439 g/mol. The summed E-state index contributed by atoms with van der Waals surface area (Å²) in [6.07, 6.45) is 1.77. The molecule has 170 valence electrons. The molecule has 32 heavy (non-hydrogen) atoms. The number of nitrogens with zero attached hydrogens (tertiary/aromatic N) is 3. The maximum absolute atomic E-state index is 13.1. The Morgan fingerprint density at radius 1 is 0.844 bits per heavy atom. The summed E-state index contributed by atoms with van der Waals surface area (Å²) < 4.78 is 18.8. The van der Waals surface area contributed by atoms with Crippen molar-refractivity contribution in [3.63, 3.8) is 0 Å². The molecule has 2 aromatic rings. The highest BCUT2D eigenvalue weighted by Gasteiger charge is 2.31. The van der Waals surface area contributed by atoms with E-state index in [1.54, 1.807) is 12.1 Å². The topological polar surface area (TPSA) is 53.1 Å². The van der Waals surface area contributed by atoms with Crippen molar-refractivity contribution in [3.8, 4) is 5.75 Å². The van der Waals surface area contributed by atoms with Crippen LogP contribution in [0.4, 0.5) is 10.1 Å². The zero-order valence-electron chi connectivity index (χ0n) is 18.3. The molecule has 0 spiro atoms. The molecular weight excluding hydrogens is 409 g/mol. The van der Waals surface area contributed by atoms with Gasteiger partial charge in [-0.1, -0.05) is 18.2 Å². The van der Waals surface area contributed by atoms with Crippen molar-refractivity contribution in [1.82, 2.24) is 9.80 Å². The molecule has 6 nitrogen and oxygen atoms in total. The molecular formula is C25H30FN3O3. The molecule has 2 amide bonds. The molecule has 4 rings (SSSR count). The minimum absolute atomic E-state index is 0.0167. The lowest BCUT2D eigenvalue weighted by molar-refractivity contribution is -0.141. The molecule has 2 aliphatic heterocycles. The third kappa shape index (κ3) is 5.58. The molecule has 7 heteroatoms. The van der Waals surface area contributed by atoms with Crippen molar-refractivity contribution in [1.29, 1.82) is 0 Å². The first kappa shape index (κ1) is 22.1. The van der Waals surface area contributed by atoms with Crippen molar-refractivity contribution < 1.29 is 18.7 Å². The van der Waals surface area contributed by atoms with Gasteiger partial charge in [-0.05, 0) is 49.2 Å². The first-order valence-corrected chi connectivity index (χ1v) is 11.3. The maximum Gasteiger partial charge on any atom is 0.225 e. The summed E-state index contributed by atoms with van der Waals surface area (Å²) in [4.78, 5) is 31.4. The fraction of sp³-hybridized carbons (Fsp3) is 0.440. The third-order valence-corrected chi connectivity index (χ3v) is 6.31. The molecule has 2 aromatic carbocycles. The number of carbonyl (C=O) groups is 2. The van der Waals surface area contributed by atoms with Crippen LogP contribution in [0.2, 0.25) is 0 Å². The van der Waals surface area contributed by atoms with Crippen LogP contribution in [0.1, 0.15) is 19.3 Å². The molecule has 0 aliphatic carbocycles. The average Bonchev–Trinajstić information content (AvgIpc) is 2.85. The second-order valence-corrected chi connectivity index (χ2v) is 8.36. The molecule has 0 atom stereocenters. The van der Waals surface area contributed by atoms with E-state index in [9.17, 15) is 14.0 Å². The molecule has 0 radical (unpaired) electrons. The molecule has 2 aliphatic rings. The van der Waals surface area contributed by atoms with E-state index in [4.69, 9.17) is 4.74 Å². The lowest BCUT2D eigenvalue weighted by Gasteiger charge is -2.39. The summed E-state index contributed by atoms with van der Waals surface area (Å²) in [6, 6.07) is 16.0. The minimum Gasteiger partial charge on any atom is -0.493 e. The van der Waals surface area contributed by atoms with Crippen LogP contribution in [-0.2, 0) is 9.59 Å². The van der Waals surface area contributed by atoms with Crippen LogP contribution in [0, 0.1) is 11.7 Å². The summed E-state index contributed by atoms with van der Waals surface area (Å²) in [5, 5.41) is 0. The highest BCUT2D eigenvalue weighted by atomic mass is 19.1. The Morgan fingerprint density at radius 2 is 1.50 bits per heavy atom. The molecule has 0 saturated carbocycles. The van der Waals surface area contributed by atoms with E-state index >= 15 is 0 Å². The highest BCUT2D eigenvalue weighted by molar-refractivity contribution is 5.80. The molecule has 2 heterocycles. The molecule has 0 aromatic heterocycles. The number of amides is 2. The summed E-state index contributed by atoms with van der Waals surface area (Å²) in [5.74, 6) is 0.792. The summed E-state index contributed by atoms with van der Waals surface area (Å²) >= 11 is 0. The maximum atomic E-state index is 13.1. The van der Waals surface area contributed by atoms with Crippen LogP contribution in [0.5, 0.6) is 5.75 Å². The molecule has 0 N–H and O–H groups in total. The lowest BCUT2D eigenvalue weighted by Crippen LogP contribution is -2.52. The van der Waals surface area contributed by atoms with Gasteiger partial charge in [0.25, 0.3) is 0 Å². The van der Waals surface area contributed by atoms with E-state index < -0.39 is 0 Å². The molecule has 0 unspecified atom stereocenters. The van der Waals surface area contributed by atoms with Crippen LogP contribution in [0.3, 0.4) is 0 Å². The molecule has 0 bridgehead atoms. The Balaban J connectivity index is 1.17. The predicted octanol–water partition coefficient (Wildman–Crippen LogP) is 3.18. The number of hydrogen-bond acceptors (Lipinski definition) is 4. The Bertz CT molecular complexity index is 890. The van der Waals surface area contributed by atoms with Crippen LogP contribution < -0.4 is 9.64 Å². The van der Waals surface area contributed by atoms with Crippen molar-refractivity contribution >= 4 is 17.5 Å². The van der Waals surface area contributed by atoms with Gasteiger partial charge < -0.3 is 19.4 Å². The standard InChI is InChI=1S/C25H30FN3O3/c26-21-6-8-22(9-7-21)27-15-17-29(18-16-27)25(31)20-10-13-28(14-11-20)24(30)12-19-32-23-4-2-1-3-5-23/h1-9,20H,10-19H2. The van der Waals surface area contributed by atoms with Crippen molar-refractivity contribution in [2.75, 3.05) is 50.8 Å². The minimum atomic E-state index is -0.240. The van der Waals surface area contributed by atoms with Gasteiger partial charge in [0.15, 0.2) is 0 Å². The fourth-order valence-electron chi connectivity index (χ4n) is 4.40. The molecule has 2 fully saturated rings. The second-order valence-electron chi connectivity index (χ2n) is 8.36. The zero-order chi connectivity index (χ0) is 22.3. The van der Waals surface area contributed by atoms with Crippen molar-refractivity contribution in [2.45, 2.75) is 19.3 Å². The first-order chi connectivity index (χ1) is 15.6. The number of hydrogen-bond donors (Lipinski definition) is 0. The van der Waals surface area contributed by atoms with E-state index in [1.807, 2.05) is 40.1 Å². The number of anilines is 1. The SMILES string of the molecule is O=C(CCOc1ccccc1)N1CCC(C(=O)N2CCN(c3ccc(F)cc3)CC2)CC1. The van der Waals surface area contributed by atoms with Gasteiger partial charge in [0.05, 0.1) is 13.0 Å². The average molecular weight is 440 g/mol. The van der Waals surface area contributed by atoms with Gasteiger partial charge in [-0.25, -0.2) is 4.39 Å². The van der Waals surface area contributed by atoms with Gasteiger partial charge in [-0.2, -0.15) is 0 Å². The number of piperidine rings is 1. The fourth-order valence-corrected chi connectivity index (χ4v) is 4.40. The number of piperazine rings is 1. The van der Waals surface area contributed by atoms with Gasteiger partial charge in [0, 0.05) is 50.9 Å².